The normalized spacial score (nSPS) is 18.4. The van der Waals surface area contributed by atoms with Crippen LogP contribution in [0.2, 0.25) is 0 Å². The Morgan fingerprint density at radius 1 is 1.53 bits per heavy atom. The van der Waals surface area contributed by atoms with Gasteiger partial charge in [-0.3, -0.25) is 5.32 Å². The van der Waals surface area contributed by atoms with E-state index in [-0.39, 0.29) is 0 Å². The predicted molar refractivity (Wildman–Crippen MR) is 73.1 cm³/mol. The number of fused-ring (bicyclic) bond motifs is 1. The largest absolute Gasteiger partial charge is 0.493 e. The highest BCUT2D eigenvalue weighted by molar-refractivity contribution is 9.10. The van der Waals surface area contributed by atoms with E-state index in [0.29, 0.717) is 6.04 Å². The fourth-order valence-electron chi connectivity index (χ4n) is 2.02. The van der Waals surface area contributed by atoms with Crippen LogP contribution in [0.1, 0.15) is 31.4 Å². The van der Waals surface area contributed by atoms with Gasteiger partial charge in [0.15, 0.2) is 0 Å². The van der Waals surface area contributed by atoms with Crippen molar-refractivity contribution in [1.82, 2.24) is 5.32 Å². The van der Waals surface area contributed by atoms with Crippen LogP contribution < -0.4 is 10.1 Å². The first-order valence-electron chi connectivity index (χ1n) is 5.86. The highest BCUT2D eigenvalue weighted by Crippen LogP contribution is 2.33. The zero-order valence-corrected chi connectivity index (χ0v) is 11.5. The molecular formula is C14H16BrNO. The number of ether oxygens (including phenoxy) is 1. The van der Waals surface area contributed by atoms with Crippen molar-refractivity contribution >= 4 is 15.9 Å². The molecule has 1 N–H and O–H groups in total. The van der Waals surface area contributed by atoms with E-state index < -0.39 is 0 Å². The summed E-state index contributed by atoms with van der Waals surface area (Å²) in [5.41, 5.74) is 1.24. The molecule has 1 aliphatic rings. The molecular weight excluding hydrogens is 278 g/mol. The lowest BCUT2D eigenvalue weighted by Crippen LogP contribution is -2.21. The summed E-state index contributed by atoms with van der Waals surface area (Å²) in [5, 5.41) is 3.47. The Kier molecular flexibility index (Phi) is 4.47. The van der Waals surface area contributed by atoms with Crippen LogP contribution in [-0.4, -0.2) is 13.2 Å². The Hall–Kier alpha value is -0.980. The minimum absolute atomic E-state index is 0.349. The third-order valence-corrected chi connectivity index (χ3v) is 3.35. The summed E-state index contributed by atoms with van der Waals surface area (Å²) in [6, 6.07) is 6.58. The van der Waals surface area contributed by atoms with E-state index in [1.165, 1.54) is 5.56 Å². The number of rotatable bonds is 2. The van der Waals surface area contributed by atoms with Gasteiger partial charge in [-0.05, 0) is 31.9 Å². The summed E-state index contributed by atoms with van der Waals surface area (Å²) < 4.78 is 6.82. The molecule has 3 heteroatoms. The van der Waals surface area contributed by atoms with Crippen LogP contribution in [0.15, 0.2) is 22.7 Å². The van der Waals surface area contributed by atoms with Gasteiger partial charge in [0.2, 0.25) is 0 Å². The van der Waals surface area contributed by atoms with Crippen LogP contribution in [0, 0.1) is 11.8 Å². The van der Waals surface area contributed by atoms with Crippen LogP contribution in [0.4, 0.5) is 0 Å². The lowest BCUT2D eigenvalue weighted by Gasteiger charge is -2.17. The first kappa shape index (κ1) is 12.5. The Bertz CT molecular complexity index is 447. The fourth-order valence-corrected chi connectivity index (χ4v) is 2.36. The van der Waals surface area contributed by atoms with Crippen LogP contribution in [-0.2, 0) is 0 Å². The fraction of sp³-hybridized carbons (Fsp3) is 0.429. The zero-order valence-electron chi connectivity index (χ0n) is 9.92. The first-order valence-corrected chi connectivity index (χ1v) is 6.66. The minimum Gasteiger partial charge on any atom is -0.493 e. The van der Waals surface area contributed by atoms with Gasteiger partial charge in [0.05, 0.1) is 13.2 Å². The molecule has 1 aromatic rings. The molecule has 0 amide bonds. The molecule has 2 nitrogen and oxygen atoms in total. The van der Waals surface area contributed by atoms with Gasteiger partial charge < -0.3 is 4.74 Å². The van der Waals surface area contributed by atoms with Crippen LogP contribution in [0.3, 0.4) is 0 Å². The maximum atomic E-state index is 5.76. The van der Waals surface area contributed by atoms with Crippen molar-refractivity contribution in [3.05, 3.63) is 28.2 Å². The topological polar surface area (TPSA) is 21.3 Å². The average Bonchev–Trinajstić information content (AvgIpc) is 2.52. The van der Waals surface area contributed by atoms with Crippen molar-refractivity contribution in [3.63, 3.8) is 0 Å². The second-order valence-electron chi connectivity index (χ2n) is 4.03. The molecule has 0 aliphatic carbocycles. The van der Waals surface area contributed by atoms with Gasteiger partial charge in [-0.1, -0.05) is 27.9 Å². The van der Waals surface area contributed by atoms with Crippen molar-refractivity contribution in [1.29, 1.82) is 0 Å². The summed E-state index contributed by atoms with van der Waals surface area (Å²) in [4.78, 5) is 0. The second-order valence-corrected chi connectivity index (χ2v) is 4.95. The lowest BCUT2D eigenvalue weighted by atomic mass is 10.0. The molecule has 1 atom stereocenters. The molecule has 90 valence electrons. The van der Waals surface area contributed by atoms with E-state index >= 15 is 0 Å². The van der Waals surface area contributed by atoms with Crippen molar-refractivity contribution in [2.45, 2.75) is 25.8 Å². The van der Waals surface area contributed by atoms with Gasteiger partial charge in [0, 0.05) is 16.1 Å². The van der Waals surface area contributed by atoms with Crippen LogP contribution >= 0.6 is 15.9 Å². The lowest BCUT2D eigenvalue weighted by molar-refractivity contribution is 0.315. The number of benzene rings is 1. The van der Waals surface area contributed by atoms with Crippen molar-refractivity contribution in [3.8, 4) is 17.6 Å². The van der Waals surface area contributed by atoms with Gasteiger partial charge in [0.1, 0.15) is 5.75 Å². The van der Waals surface area contributed by atoms with Crippen molar-refractivity contribution < 1.29 is 4.74 Å². The molecule has 0 saturated carbocycles. The molecule has 0 saturated heterocycles. The SMILES string of the molecule is CC#CCNC1CCCOc2cc(Br)ccc21. The van der Waals surface area contributed by atoms with Crippen LogP contribution in [0.25, 0.3) is 0 Å². The van der Waals surface area contributed by atoms with Gasteiger partial charge in [-0.15, -0.1) is 5.92 Å². The maximum absolute atomic E-state index is 5.76. The first-order chi connectivity index (χ1) is 8.31. The van der Waals surface area contributed by atoms with Gasteiger partial charge in [-0.2, -0.15) is 0 Å². The zero-order chi connectivity index (χ0) is 12.1. The Morgan fingerprint density at radius 3 is 3.24 bits per heavy atom. The molecule has 0 aromatic heterocycles. The summed E-state index contributed by atoms with van der Waals surface area (Å²) in [6.07, 6.45) is 2.17. The smallest absolute Gasteiger partial charge is 0.125 e. The summed E-state index contributed by atoms with van der Waals surface area (Å²) >= 11 is 3.48. The molecule has 0 fully saturated rings. The average molecular weight is 294 g/mol. The molecule has 0 bridgehead atoms. The molecule has 1 heterocycles. The molecule has 17 heavy (non-hydrogen) atoms. The standard InChI is InChI=1S/C14H16BrNO/c1-2-3-8-16-13-5-4-9-17-14-10-11(15)6-7-12(13)14/h6-7,10,13,16H,4-5,8-9H2,1H3. The van der Waals surface area contributed by atoms with Gasteiger partial charge in [0.25, 0.3) is 0 Å². The van der Waals surface area contributed by atoms with E-state index in [4.69, 9.17) is 4.74 Å². The van der Waals surface area contributed by atoms with E-state index in [1.54, 1.807) is 0 Å². The predicted octanol–water partition coefficient (Wildman–Crippen LogP) is 3.28. The van der Waals surface area contributed by atoms with Crippen LogP contribution in [0.5, 0.6) is 5.75 Å². The van der Waals surface area contributed by atoms with Gasteiger partial charge in [-0.25, -0.2) is 0 Å². The molecule has 0 radical (unpaired) electrons. The number of hydrogen-bond acceptors (Lipinski definition) is 2. The Balaban J connectivity index is 2.19. The summed E-state index contributed by atoms with van der Waals surface area (Å²) in [7, 11) is 0. The minimum atomic E-state index is 0.349. The molecule has 1 aromatic carbocycles. The third kappa shape index (κ3) is 3.24. The number of nitrogens with one attached hydrogen (secondary N) is 1. The van der Waals surface area contributed by atoms with E-state index in [0.717, 1.165) is 36.2 Å². The van der Waals surface area contributed by atoms with E-state index in [2.05, 4.69) is 45.2 Å². The number of hydrogen-bond donors (Lipinski definition) is 1. The quantitative estimate of drug-likeness (QED) is 0.845. The van der Waals surface area contributed by atoms with E-state index in [9.17, 15) is 0 Å². The highest BCUT2D eigenvalue weighted by atomic mass is 79.9. The molecule has 1 unspecified atom stereocenters. The number of halogens is 1. The highest BCUT2D eigenvalue weighted by Gasteiger charge is 2.18. The Morgan fingerprint density at radius 2 is 2.41 bits per heavy atom. The molecule has 2 rings (SSSR count). The second kappa shape index (κ2) is 6.09. The summed E-state index contributed by atoms with van der Waals surface area (Å²) in [6.45, 7) is 3.39. The monoisotopic (exact) mass is 293 g/mol. The van der Waals surface area contributed by atoms with Crippen molar-refractivity contribution in [2.75, 3.05) is 13.2 Å². The van der Waals surface area contributed by atoms with Crippen molar-refractivity contribution in [2.24, 2.45) is 0 Å². The molecule has 0 spiro atoms. The third-order valence-electron chi connectivity index (χ3n) is 2.86. The Labute approximate surface area is 111 Å². The molecule has 1 aliphatic heterocycles. The van der Waals surface area contributed by atoms with E-state index in [1.807, 2.05) is 13.0 Å². The van der Waals surface area contributed by atoms with Gasteiger partial charge >= 0.3 is 0 Å². The summed E-state index contributed by atoms with van der Waals surface area (Å²) in [5.74, 6) is 6.94. The maximum Gasteiger partial charge on any atom is 0.125 e.